The van der Waals surface area contributed by atoms with E-state index in [0.717, 1.165) is 5.69 Å². The topological polar surface area (TPSA) is 53.8 Å². The highest BCUT2D eigenvalue weighted by molar-refractivity contribution is 5.61. The minimum absolute atomic E-state index is 0.157. The summed E-state index contributed by atoms with van der Waals surface area (Å²) in [4.78, 5) is 2.90. The van der Waals surface area contributed by atoms with Gasteiger partial charge in [0.15, 0.2) is 0 Å². The van der Waals surface area contributed by atoms with Gasteiger partial charge < -0.3 is 16.0 Å². The molecular formula is C10H10FN3. The Balaban J connectivity index is 2.22. The maximum absolute atomic E-state index is 13.0. The van der Waals surface area contributed by atoms with Gasteiger partial charge in [-0.05, 0) is 24.3 Å². The molecule has 0 saturated heterocycles. The summed E-state index contributed by atoms with van der Waals surface area (Å²) in [6.45, 7) is 0. The molecule has 0 fully saturated rings. The van der Waals surface area contributed by atoms with Crippen molar-refractivity contribution >= 4 is 17.1 Å². The summed E-state index contributed by atoms with van der Waals surface area (Å²) in [7, 11) is 0. The van der Waals surface area contributed by atoms with Crippen LogP contribution in [0.25, 0.3) is 0 Å². The Kier molecular flexibility index (Phi) is 2.10. The van der Waals surface area contributed by atoms with E-state index >= 15 is 0 Å². The van der Waals surface area contributed by atoms with E-state index in [1.807, 2.05) is 6.07 Å². The van der Waals surface area contributed by atoms with Crippen LogP contribution in [0.3, 0.4) is 0 Å². The first-order valence-corrected chi connectivity index (χ1v) is 4.20. The van der Waals surface area contributed by atoms with Gasteiger partial charge >= 0.3 is 0 Å². The number of aromatic amines is 1. The molecule has 4 heteroatoms. The van der Waals surface area contributed by atoms with E-state index in [1.165, 1.54) is 12.1 Å². The first-order valence-electron chi connectivity index (χ1n) is 4.20. The average molecular weight is 191 g/mol. The summed E-state index contributed by atoms with van der Waals surface area (Å²) in [5.74, 6) is -0.412. The maximum Gasteiger partial charge on any atom is 0.148 e. The van der Waals surface area contributed by atoms with Crippen LogP contribution in [0.15, 0.2) is 36.7 Å². The first-order chi connectivity index (χ1) is 6.75. The van der Waals surface area contributed by atoms with E-state index in [0.29, 0.717) is 5.69 Å². The predicted molar refractivity (Wildman–Crippen MR) is 54.9 cm³/mol. The molecule has 1 heterocycles. The second-order valence-corrected chi connectivity index (χ2v) is 2.96. The highest BCUT2D eigenvalue weighted by Gasteiger charge is 1.99. The number of benzene rings is 1. The van der Waals surface area contributed by atoms with Crippen LogP contribution < -0.4 is 11.1 Å². The number of anilines is 3. The van der Waals surface area contributed by atoms with E-state index in [9.17, 15) is 4.39 Å². The smallest absolute Gasteiger partial charge is 0.148 e. The third-order valence-corrected chi connectivity index (χ3v) is 1.89. The van der Waals surface area contributed by atoms with Gasteiger partial charge in [-0.3, -0.25) is 0 Å². The lowest BCUT2D eigenvalue weighted by molar-refractivity contribution is 0.633. The highest BCUT2D eigenvalue weighted by Crippen LogP contribution is 2.19. The Morgan fingerprint density at radius 1 is 1.21 bits per heavy atom. The lowest BCUT2D eigenvalue weighted by atomic mass is 10.2. The number of H-pyrrole nitrogens is 1. The lowest BCUT2D eigenvalue weighted by Gasteiger charge is -2.04. The van der Waals surface area contributed by atoms with Gasteiger partial charge in [-0.2, -0.15) is 0 Å². The van der Waals surface area contributed by atoms with Crippen LogP contribution in [0, 0.1) is 5.82 Å². The van der Waals surface area contributed by atoms with Gasteiger partial charge in [0.2, 0.25) is 0 Å². The number of nitrogens with one attached hydrogen (secondary N) is 2. The monoisotopic (exact) mass is 191 g/mol. The minimum atomic E-state index is -0.412. The van der Waals surface area contributed by atoms with Gasteiger partial charge in [0.05, 0.1) is 11.4 Å². The molecule has 2 aromatic rings. The standard InChI is InChI=1S/C10H10FN3/c11-9-5-7(1-2-10(9)12)14-8-3-4-13-6-8/h1-6,13-14H,12H2. The first kappa shape index (κ1) is 8.62. The fraction of sp³-hybridized carbons (Fsp3) is 0. The van der Waals surface area contributed by atoms with Gasteiger partial charge in [-0.1, -0.05) is 0 Å². The molecule has 0 amide bonds. The molecule has 72 valence electrons. The van der Waals surface area contributed by atoms with E-state index in [2.05, 4.69) is 10.3 Å². The normalized spacial score (nSPS) is 10.1. The quantitative estimate of drug-likeness (QED) is 0.639. The second kappa shape index (κ2) is 3.41. The Morgan fingerprint density at radius 2 is 2.07 bits per heavy atom. The summed E-state index contributed by atoms with van der Waals surface area (Å²) >= 11 is 0. The molecule has 14 heavy (non-hydrogen) atoms. The number of hydrogen-bond acceptors (Lipinski definition) is 2. The maximum atomic E-state index is 13.0. The molecule has 0 radical (unpaired) electrons. The van der Waals surface area contributed by atoms with E-state index in [1.54, 1.807) is 18.5 Å². The Hall–Kier alpha value is -1.97. The fourth-order valence-corrected chi connectivity index (χ4v) is 1.17. The second-order valence-electron chi connectivity index (χ2n) is 2.96. The van der Waals surface area contributed by atoms with Crippen molar-refractivity contribution in [3.63, 3.8) is 0 Å². The van der Waals surface area contributed by atoms with E-state index in [4.69, 9.17) is 5.73 Å². The Morgan fingerprint density at radius 3 is 2.71 bits per heavy atom. The van der Waals surface area contributed by atoms with Crippen molar-refractivity contribution < 1.29 is 4.39 Å². The van der Waals surface area contributed by atoms with Gasteiger partial charge in [-0.15, -0.1) is 0 Å². The summed E-state index contributed by atoms with van der Waals surface area (Å²) < 4.78 is 13.0. The number of nitrogen functional groups attached to an aromatic ring is 1. The Bertz CT molecular complexity index is 423. The third kappa shape index (κ3) is 1.69. The van der Waals surface area contributed by atoms with Gasteiger partial charge in [0.1, 0.15) is 5.82 Å². The fourth-order valence-electron chi connectivity index (χ4n) is 1.17. The predicted octanol–water partition coefficient (Wildman–Crippen LogP) is 2.48. The largest absolute Gasteiger partial charge is 0.396 e. The SMILES string of the molecule is Nc1ccc(Nc2cc[nH]c2)cc1F. The zero-order valence-corrected chi connectivity index (χ0v) is 7.42. The molecule has 0 bridgehead atoms. The van der Waals surface area contributed by atoms with Crippen molar-refractivity contribution in [2.75, 3.05) is 11.1 Å². The highest BCUT2D eigenvalue weighted by atomic mass is 19.1. The van der Waals surface area contributed by atoms with Crippen molar-refractivity contribution in [3.05, 3.63) is 42.5 Å². The number of rotatable bonds is 2. The van der Waals surface area contributed by atoms with Crippen LogP contribution >= 0.6 is 0 Å². The van der Waals surface area contributed by atoms with Crippen molar-refractivity contribution in [2.45, 2.75) is 0 Å². The van der Waals surface area contributed by atoms with Crippen LogP contribution in [0.1, 0.15) is 0 Å². The third-order valence-electron chi connectivity index (χ3n) is 1.89. The molecule has 0 saturated carbocycles. The van der Waals surface area contributed by atoms with Gasteiger partial charge in [-0.25, -0.2) is 4.39 Å². The van der Waals surface area contributed by atoms with Gasteiger partial charge in [0.25, 0.3) is 0 Å². The zero-order chi connectivity index (χ0) is 9.97. The Labute approximate surface area is 80.8 Å². The van der Waals surface area contributed by atoms with Crippen LogP contribution in [-0.4, -0.2) is 4.98 Å². The van der Waals surface area contributed by atoms with Crippen molar-refractivity contribution in [1.29, 1.82) is 0 Å². The van der Waals surface area contributed by atoms with E-state index in [-0.39, 0.29) is 5.69 Å². The van der Waals surface area contributed by atoms with Crippen LogP contribution in [-0.2, 0) is 0 Å². The van der Waals surface area contributed by atoms with Crippen LogP contribution in [0.2, 0.25) is 0 Å². The van der Waals surface area contributed by atoms with Crippen molar-refractivity contribution in [2.24, 2.45) is 0 Å². The molecule has 4 N–H and O–H groups in total. The lowest BCUT2D eigenvalue weighted by Crippen LogP contribution is -1.93. The van der Waals surface area contributed by atoms with Gasteiger partial charge in [0, 0.05) is 18.1 Å². The molecule has 0 aliphatic heterocycles. The zero-order valence-electron chi connectivity index (χ0n) is 7.42. The number of halogens is 1. The molecule has 0 aliphatic rings. The molecule has 2 rings (SSSR count). The average Bonchev–Trinajstić information content (AvgIpc) is 2.64. The summed E-state index contributed by atoms with van der Waals surface area (Å²) in [5.41, 5.74) is 7.07. The molecular weight excluding hydrogens is 181 g/mol. The molecule has 0 unspecified atom stereocenters. The number of nitrogens with two attached hydrogens (primary N) is 1. The molecule has 0 atom stereocenters. The van der Waals surface area contributed by atoms with Crippen LogP contribution in [0.4, 0.5) is 21.5 Å². The number of aromatic nitrogens is 1. The van der Waals surface area contributed by atoms with E-state index < -0.39 is 5.82 Å². The van der Waals surface area contributed by atoms with Crippen molar-refractivity contribution in [3.8, 4) is 0 Å². The molecule has 1 aromatic carbocycles. The number of hydrogen-bond donors (Lipinski definition) is 3. The minimum Gasteiger partial charge on any atom is -0.396 e. The summed E-state index contributed by atoms with van der Waals surface area (Å²) in [6.07, 6.45) is 3.57. The van der Waals surface area contributed by atoms with Crippen molar-refractivity contribution in [1.82, 2.24) is 4.98 Å². The molecule has 1 aromatic heterocycles. The molecule has 0 spiro atoms. The summed E-state index contributed by atoms with van der Waals surface area (Å²) in [6, 6.07) is 6.48. The van der Waals surface area contributed by atoms with Crippen LogP contribution in [0.5, 0.6) is 0 Å². The molecule has 0 aliphatic carbocycles. The molecule has 3 nitrogen and oxygen atoms in total. The summed E-state index contributed by atoms with van der Waals surface area (Å²) in [5, 5.41) is 3.03.